The Morgan fingerprint density at radius 3 is 1.66 bits per heavy atom. The van der Waals surface area contributed by atoms with E-state index in [1.54, 1.807) is 0 Å². The minimum atomic E-state index is -0.191. The molecule has 11 aromatic carbocycles. The van der Waals surface area contributed by atoms with Gasteiger partial charge in [0.1, 0.15) is 11.2 Å². The Morgan fingerprint density at radius 1 is 0.328 bits per heavy atom. The van der Waals surface area contributed by atoms with Crippen molar-refractivity contribution in [3.05, 3.63) is 236 Å². The third-order valence-electron chi connectivity index (χ3n) is 14.8. The third kappa shape index (κ3) is 5.70. The van der Waals surface area contributed by atoms with Crippen molar-refractivity contribution in [2.24, 2.45) is 0 Å². The van der Waals surface area contributed by atoms with Crippen molar-refractivity contribution in [3.63, 3.8) is 0 Å². The Morgan fingerprint density at radius 2 is 0.866 bits per heavy atom. The zero-order valence-electron chi connectivity index (χ0n) is 37.2. The van der Waals surface area contributed by atoms with E-state index in [1.807, 2.05) is 0 Å². The van der Waals surface area contributed by atoms with E-state index in [1.165, 1.54) is 111 Å². The molecule has 2 aliphatic rings. The second kappa shape index (κ2) is 14.3. The molecule has 1 aromatic heterocycles. The van der Waals surface area contributed by atoms with Crippen molar-refractivity contribution in [2.75, 3.05) is 4.90 Å². The van der Waals surface area contributed by atoms with Crippen molar-refractivity contribution < 1.29 is 4.42 Å². The van der Waals surface area contributed by atoms with Crippen LogP contribution in [0.2, 0.25) is 0 Å². The number of benzene rings is 11. The summed E-state index contributed by atoms with van der Waals surface area (Å²) in [6.45, 7) is 4.77. The highest BCUT2D eigenvalue weighted by atomic mass is 16.3. The highest BCUT2D eigenvalue weighted by Gasteiger charge is 2.37. The molecule has 0 spiro atoms. The minimum Gasteiger partial charge on any atom is -0.456 e. The molecule has 2 nitrogen and oxygen atoms in total. The van der Waals surface area contributed by atoms with Gasteiger partial charge in [0.05, 0.1) is 5.69 Å². The van der Waals surface area contributed by atoms with Gasteiger partial charge in [0.2, 0.25) is 0 Å². The SMILES string of the molecule is CC1(C)c2cc(-c3ccccc3)ccc2-c2ccc(N(c3ccc(-c4ccc(-c5ccc6oc7ccc8ccccc8c7c6c5)cc4)cc3)c3ccc4c5c(cccc35)-c3ccccc3-4)cc21. The zero-order valence-corrected chi connectivity index (χ0v) is 37.2. The summed E-state index contributed by atoms with van der Waals surface area (Å²) in [4.78, 5) is 2.48. The predicted octanol–water partition coefficient (Wildman–Crippen LogP) is 18.3. The van der Waals surface area contributed by atoms with E-state index < -0.39 is 0 Å². The minimum absolute atomic E-state index is 0.191. The van der Waals surface area contributed by atoms with E-state index in [9.17, 15) is 0 Å². The summed E-state index contributed by atoms with van der Waals surface area (Å²) in [6, 6.07) is 82.7. The van der Waals surface area contributed by atoms with E-state index in [0.29, 0.717) is 0 Å². The van der Waals surface area contributed by atoms with Crippen molar-refractivity contribution in [1.29, 1.82) is 0 Å². The van der Waals surface area contributed by atoms with Crippen LogP contribution in [-0.4, -0.2) is 0 Å². The zero-order chi connectivity index (χ0) is 44.4. The number of fused-ring (bicyclic) bond motifs is 11. The second-order valence-electron chi connectivity index (χ2n) is 18.8. The second-order valence-corrected chi connectivity index (χ2v) is 18.8. The molecule has 0 saturated heterocycles. The Bertz CT molecular complexity index is 3960. The topological polar surface area (TPSA) is 16.4 Å². The summed E-state index contributed by atoms with van der Waals surface area (Å²) in [5.41, 5.74) is 22.8. The fourth-order valence-corrected chi connectivity index (χ4v) is 11.5. The molecule has 12 aromatic rings. The van der Waals surface area contributed by atoms with Gasteiger partial charge >= 0.3 is 0 Å². The van der Waals surface area contributed by atoms with Crippen LogP contribution in [0.15, 0.2) is 229 Å². The van der Waals surface area contributed by atoms with E-state index in [0.717, 1.165) is 27.9 Å². The molecule has 2 aliphatic carbocycles. The average molecular weight is 854 g/mol. The monoisotopic (exact) mass is 853 g/mol. The van der Waals surface area contributed by atoms with Gasteiger partial charge in [-0.25, -0.2) is 0 Å². The number of hydrogen-bond donors (Lipinski definition) is 0. The van der Waals surface area contributed by atoms with Crippen LogP contribution in [-0.2, 0) is 5.41 Å². The number of anilines is 3. The van der Waals surface area contributed by atoms with Crippen molar-refractivity contribution >= 4 is 60.5 Å². The van der Waals surface area contributed by atoms with Gasteiger partial charge in [0.15, 0.2) is 0 Å². The van der Waals surface area contributed by atoms with Crippen LogP contribution < -0.4 is 4.90 Å². The van der Waals surface area contributed by atoms with Crippen LogP contribution in [0.1, 0.15) is 25.0 Å². The highest BCUT2D eigenvalue weighted by Crippen LogP contribution is 2.54. The lowest BCUT2D eigenvalue weighted by molar-refractivity contribution is 0.660. The molecule has 0 N–H and O–H groups in total. The van der Waals surface area contributed by atoms with E-state index in [-0.39, 0.29) is 5.41 Å². The molecule has 2 heteroatoms. The molecule has 0 atom stereocenters. The van der Waals surface area contributed by atoms with Gasteiger partial charge in [-0.05, 0) is 149 Å². The van der Waals surface area contributed by atoms with Crippen LogP contribution in [0.25, 0.3) is 110 Å². The highest BCUT2D eigenvalue weighted by molar-refractivity contribution is 6.20. The van der Waals surface area contributed by atoms with Crippen LogP contribution in [0.4, 0.5) is 17.1 Å². The summed E-state index contributed by atoms with van der Waals surface area (Å²) >= 11 is 0. The fraction of sp³-hybridized carbons (Fsp3) is 0.0462. The maximum absolute atomic E-state index is 6.32. The first-order valence-electron chi connectivity index (χ1n) is 23.3. The number of rotatable bonds is 6. The lowest BCUT2D eigenvalue weighted by atomic mass is 9.81. The first-order valence-corrected chi connectivity index (χ1v) is 23.3. The smallest absolute Gasteiger partial charge is 0.136 e. The molecule has 0 fully saturated rings. The standard InChI is InChI=1S/C65H43NO/c1-65(2)58-38-46(40-11-4-3-5-12-40)25-31-52(58)53-32-30-48(39-59(53)65)66(60-34-33-55-51-16-9-8-15-50(51)54-17-10-18-56(60)63(54)55)47-28-23-42(24-29-47)41-19-21-43(22-20-41)45-27-35-61-57(37-45)64-49-14-7-6-13-44(49)26-36-62(64)67-61/h3-39H,1-2H3. The van der Waals surface area contributed by atoms with E-state index in [4.69, 9.17) is 4.42 Å². The average Bonchev–Trinajstić information content (AvgIpc) is 4.00. The van der Waals surface area contributed by atoms with Crippen LogP contribution >= 0.6 is 0 Å². The van der Waals surface area contributed by atoms with Gasteiger partial charge in [0.25, 0.3) is 0 Å². The summed E-state index contributed by atoms with van der Waals surface area (Å²) in [5, 5.41) is 7.32. The molecule has 0 amide bonds. The first-order chi connectivity index (χ1) is 33.0. The summed E-state index contributed by atoms with van der Waals surface area (Å²) < 4.78 is 6.32. The molecule has 0 unspecified atom stereocenters. The lowest BCUT2D eigenvalue weighted by Gasteiger charge is -2.29. The lowest BCUT2D eigenvalue weighted by Crippen LogP contribution is -2.17. The predicted molar refractivity (Wildman–Crippen MR) is 282 cm³/mol. The summed E-state index contributed by atoms with van der Waals surface area (Å²) in [7, 11) is 0. The Hall–Kier alpha value is -8.46. The van der Waals surface area contributed by atoms with Crippen molar-refractivity contribution in [2.45, 2.75) is 19.3 Å². The molecule has 67 heavy (non-hydrogen) atoms. The van der Waals surface area contributed by atoms with Gasteiger partial charge in [-0.1, -0.05) is 184 Å². The third-order valence-corrected chi connectivity index (χ3v) is 14.8. The first kappa shape index (κ1) is 37.9. The Balaban J connectivity index is 0.857. The molecular weight excluding hydrogens is 811 g/mol. The number of nitrogens with zero attached hydrogens (tertiary/aromatic N) is 1. The van der Waals surface area contributed by atoms with Gasteiger partial charge in [-0.15, -0.1) is 0 Å². The summed E-state index contributed by atoms with van der Waals surface area (Å²) in [5.74, 6) is 0. The molecule has 14 rings (SSSR count). The summed E-state index contributed by atoms with van der Waals surface area (Å²) in [6.07, 6.45) is 0. The van der Waals surface area contributed by atoms with Gasteiger partial charge in [-0.3, -0.25) is 0 Å². The van der Waals surface area contributed by atoms with Crippen LogP contribution in [0, 0.1) is 0 Å². The maximum Gasteiger partial charge on any atom is 0.136 e. The normalized spacial score (nSPS) is 13.0. The maximum atomic E-state index is 6.32. The molecule has 0 saturated carbocycles. The van der Waals surface area contributed by atoms with E-state index in [2.05, 4.69) is 243 Å². The Kier molecular flexibility index (Phi) is 8.06. The molecular formula is C65H43NO. The largest absolute Gasteiger partial charge is 0.456 e. The molecule has 0 bridgehead atoms. The molecule has 0 aliphatic heterocycles. The van der Waals surface area contributed by atoms with Gasteiger partial charge in [-0.2, -0.15) is 0 Å². The quantitative estimate of drug-likeness (QED) is 0.166. The molecule has 1 heterocycles. The van der Waals surface area contributed by atoms with Gasteiger partial charge < -0.3 is 9.32 Å². The van der Waals surface area contributed by atoms with Crippen molar-refractivity contribution in [3.8, 4) is 66.8 Å². The fourth-order valence-electron chi connectivity index (χ4n) is 11.5. The van der Waals surface area contributed by atoms with E-state index >= 15 is 0 Å². The van der Waals surface area contributed by atoms with Crippen molar-refractivity contribution in [1.82, 2.24) is 0 Å². The number of hydrogen-bond acceptors (Lipinski definition) is 2. The Labute approximate surface area is 389 Å². The number of furan rings is 1. The van der Waals surface area contributed by atoms with Crippen LogP contribution in [0.3, 0.4) is 0 Å². The van der Waals surface area contributed by atoms with Gasteiger partial charge in [0, 0.05) is 32.9 Å². The van der Waals surface area contributed by atoms with Crippen LogP contribution in [0.5, 0.6) is 0 Å². The molecule has 0 radical (unpaired) electrons. The molecule has 314 valence electrons.